The second-order valence-electron chi connectivity index (χ2n) is 6.63. The Bertz CT molecular complexity index is 544. The Labute approximate surface area is 160 Å². The zero-order valence-corrected chi connectivity index (χ0v) is 15.9. The Morgan fingerprint density at radius 1 is 1.16 bits per heavy atom. The average Bonchev–Trinajstić information content (AvgIpc) is 2.58. The lowest BCUT2D eigenvalue weighted by Gasteiger charge is -2.41. The number of piperazine rings is 1. The van der Waals surface area contributed by atoms with E-state index in [-0.39, 0.29) is 47.2 Å². The quantitative estimate of drug-likeness (QED) is 0.604. The number of aromatic hydroxyl groups is 1. The van der Waals surface area contributed by atoms with Crippen LogP contribution in [0.25, 0.3) is 0 Å². The highest BCUT2D eigenvalue weighted by Crippen LogP contribution is 2.42. The third-order valence-electron chi connectivity index (χ3n) is 5.18. The Morgan fingerprint density at radius 2 is 1.80 bits per heavy atom. The fourth-order valence-electron chi connectivity index (χ4n) is 4.05. The molecule has 1 saturated heterocycles. The molecule has 8 heteroatoms. The van der Waals surface area contributed by atoms with Gasteiger partial charge in [0.2, 0.25) is 0 Å². The highest BCUT2D eigenvalue weighted by molar-refractivity contribution is 5.85. The summed E-state index contributed by atoms with van der Waals surface area (Å²) in [6.07, 6.45) is 5.96. The van der Waals surface area contributed by atoms with E-state index in [1.165, 1.54) is 31.4 Å². The van der Waals surface area contributed by atoms with Crippen LogP contribution in [0, 0.1) is 16.0 Å². The van der Waals surface area contributed by atoms with Crippen molar-refractivity contribution in [3.63, 3.8) is 0 Å². The summed E-state index contributed by atoms with van der Waals surface area (Å²) in [5, 5.41) is 24.9. The van der Waals surface area contributed by atoms with Crippen LogP contribution in [0.5, 0.6) is 5.75 Å². The summed E-state index contributed by atoms with van der Waals surface area (Å²) < 4.78 is 0. The SMILES string of the molecule is Cl.Cl.O=[N+]([O-])c1ccc(O)c([C@@H](C2CCCCC2)N2CCNCC2)c1. The van der Waals surface area contributed by atoms with Crippen LogP contribution in [0.2, 0.25) is 0 Å². The maximum Gasteiger partial charge on any atom is 0.270 e. The number of halogens is 2. The van der Waals surface area contributed by atoms with Gasteiger partial charge in [0.05, 0.1) is 4.92 Å². The normalized spacial score (nSPS) is 20.2. The second kappa shape index (κ2) is 10.2. The summed E-state index contributed by atoms with van der Waals surface area (Å²) in [5.74, 6) is 0.652. The minimum Gasteiger partial charge on any atom is -0.508 e. The highest BCUT2D eigenvalue weighted by atomic mass is 35.5. The van der Waals surface area contributed by atoms with Crippen molar-refractivity contribution < 1.29 is 10.0 Å². The molecular weight excluding hydrogens is 365 g/mol. The van der Waals surface area contributed by atoms with Crippen LogP contribution in [0.1, 0.15) is 43.7 Å². The first-order valence-corrected chi connectivity index (χ1v) is 8.59. The van der Waals surface area contributed by atoms with Crippen molar-refractivity contribution >= 4 is 30.5 Å². The molecule has 0 unspecified atom stereocenters. The standard InChI is InChI=1S/C17H25N3O3.2ClH/c21-16-7-6-14(20(22)23)12-15(16)17(13-4-2-1-3-5-13)19-10-8-18-9-11-19;;/h6-7,12-13,17-18,21H,1-5,8-11H2;2*1H/t17-;;/m1../s1. The van der Waals surface area contributed by atoms with Gasteiger partial charge < -0.3 is 10.4 Å². The van der Waals surface area contributed by atoms with Crippen LogP contribution in [-0.2, 0) is 0 Å². The van der Waals surface area contributed by atoms with E-state index in [9.17, 15) is 15.2 Å². The Balaban J connectivity index is 0.00000156. The van der Waals surface area contributed by atoms with Crippen LogP contribution >= 0.6 is 24.8 Å². The molecule has 1 aromatic carbocycles. The van der Waals surface area contributed by atoms with E-state index in [0.29, 0.717) is 5.92 Å². The summed E-state index contributed by atoms with van der Waals surface area (Å²) in [7, 11) is 0. The number of hydrogen-bond acceptors (Lipinski definition) is 5. The summed E-state index contributed by atoms with van der Waals surface area (Å²) in [6, 6.07) is 4.52. The minimum absolute atomic E-state index is 0. The molecule has 142 valence electrons. The van der Waals surface area contributed by atoms with Crippen molar-refractivity contribution in [3.05, 3.63) is 33.9 Å². The molecule has 2 N–H and O–H groups in total. The number of non-ortho nitro benzene ring substituents is 1. The maximum atomic E-state index is 11.1. The molecular formula is C17H27Cl2N3O3. The van der Waals surface area contributed by atoms with Gasteiger partial charge in [-0.05, 0) is 24.8 Å². The zero-order valence-electron chi connectivity index (χ0n) is 14.2. The van der Waals surface area contributed by atoms with Gasteiger partial charge in [0.1, 0.15) is 5.75 Å². The van der Waals surface area contributed by atoms with E-state index in [2.05, 4.69) is 10.2 Å². The Hall–Kier alpha value is -1.08. The molecule has 6 nitrogen and oxygen atoms in total. The van der Waals surface area contributed by atoms with Crippen LogP contribution in [0.3, 0.4) is 0 Å². The fraction of sp³-hybridized carbons (Fsp3) is 0.647. The third kappa shape index (κ3) is 5.20. The summed E-state index contributed by atoms with van der Waals surface area (Å²) in [6.45, 7) is 3.70. The fourth-order valence-corrected chi connectivity index (χ4v) is 4.05. The van der Waals surface area contributed by atoms with Crippen molar-refractivity contribution in [1.29, 1.82) is 0 Å². The number of nitrogens with zero attached hydrogens (tertiary/aromatic N) is 2. The predicted molar refractivity (Wildman–Crippen MR) is 103 cm³/mol. The molecule has 1 saturated carbocycles. The van der Waals surface area contributed by atoms with Gasteiger partial charge in [0.15, 0.2) is 0 Å². The monoisotopic (exact) mass is 391 g/mol. The number of phenols is 1. The third-order valence-corrected chi connectivity index (χ3v) is 5.18. The molecule has 0 spiro atoms. The van der Waals surface area contributed by atoms with Crippen molar-refractivity contribution in [1.82, 2.24) is 10.2 Å². The van der Waals surface area contributed by atoms with Gasteiger partial charge in [0, 0.05) is 49.9 Å². The van der Waals surface area contributed by atoms with Gasteiger partial charge in [-0.1, -0.05) is 19.3 Å². The Morgan fingerprint density at radius 3 is 2.40 bits per heavy atom. The summed E-state index contributed by atoms with van der Waals surface area (Å²) >= 11 is 0. The van der Waals surface area contributed by atoms with Gasteiger partial charge in [-0.15, -0.1) is 24.8 Å². The van der Waals surface area contributed by atoms with Crippen molar-refractivity contribution in [2.24, 2.45) is 5.92 Å². The largest absolute Gasteiger partial charge is 0.508 e. The van der Waals surface area contributed by atoms with Gasteiger partial charge in [0.25, 0.3) is 5.69 Å². The first-order valence-electron chi connectivity index (χ1n) is 8.59. The molecule has 0 amide bonds. The van der Waals surface area contributed by atoms with Crippen LogP contribution in [-0.4, -0.2) is 41.1 Å². The average molecular weight is 392 g/mol. The maximum absolute atomic E-state index is 11.1. The van der Waals surface area contributed by atoms with E-state index in [1.54, 1.807) is 6.07 Å². The van der Waals surface area contributed by atoms with Crippen LogP contribution in [0.4, 0.5) is 5.69 Å². The van der Waals surface area contributed by atoms with Gasteiger partial charge in [-0.2, -0.15) is 0 Å². The molecule has 3 rings (SSSR count). The Kier molecular flexibility index (Phi) is 8.93. The number of nitrogens with one attached hydrogen (secondary N) is 1. The van der Waals surface area contributed by atoms with Crippen molar-refractivity contribution in [2.45, 2.75) is 38.1 Å². The van der Waals surface area contributed by atoms with E-state index < -0.39 is 0 Å². The number of hydrogen-bond donors (Lipinski definition) is 2. The zero-order chi connectivity index (χ0) is 16.2. The molecule has 1 atom stereocenters. The van der Waals surface area contributed by atoms with Crippen molar-refractivity contribution in [2.75, 3.05) is 26.2 Å². The number of nitro groups is 1. The van der Waals surface area contributed by atoms with E-state index in [0.717, 1.165) is 44.6 Å². The molecule has 0 radical (unpaired) electrons. The lowest BCUT2D eigenvalue weighted by Crippen LogP contribution is -2.47. The molecule has 1 aliphatic carbocycles. The molecule has 1 aromatic rings. The highest BCUT2D eigenvalue weighted by Gasteiger charge is 2.33. The molecule has 0 bridgehead atoms. The summed E-state index contributed by atoms with van der Waals surface area (Å²) in [5.41, 5.74) is 0.793. The predicted octanol–water partition coefficient (Wildman–Crippen LogP) is 3.67. The molecule has 1 heterocycles. The molecule has 1 aliphatic heterocycles. The number of nitro benzene ring substituents is 1. The smallest absolute Gasteiger partial charge is 0.270 e. The summed E-state index contributed by atoms with van der Waals surface area (Å²) in [4.78, 5) is 13.2. The van der Waals surface area contributed by atoms with Crippen molar-refractivity contribution in [3.8, 4) is 5.75 Å². The molecule has 2 aliphatic rings. The second-order valence-corrected chi connectivity index (χ2v) is 6.63. The molecule has 2 fully saturated rings. The number of benzene rings is 1. The van der Waals surface area contributed by atoms with Gasteiger partial charge in [-0.25, -0.2) is 0 Å². The minimum atomic E-state index is -0.376. The van der Waals surface area contributed by atoms with E-state index in [1.807, 2.05) is 0 Å². The lowest BCUT2D eigenvalue weighted by molar-refractivity contribution is -0.385. The first kappa shape index (κ1) is 22.0. The molecule has 25 heavy (non-hydrogen) atoms. The lowest BCUT2D eigenvalue weighted by atomic mass is 9.79. The number of phenolic OH excluding ortho intramolecular Hbond substituents is 1. The van der Waals surface area contributed by atoms with E-state index in [4.69, 9.17) is 0 Å². The topological polar surface area (TPSA) is 78.6 Å². The van der Waals surface area contributed by atoms with Crippen LogP contribution in [0.15, 0.2) is 18.2 Å². The van der Waals surface area contributed by atoms with E-state index >= 15 is 0 Å². The molecule has 0 aromatic heterocycles. The van der Waals surface area contributed by atoms with Crippen LogP contribution < -0.4 is 5.32 Å². The number of rotatable bonds is 4. The van der Waals surface area contributed by atoms with Gasteiger partial charge >= 0.3 is 0 Å². The van der Waals surface area contributed by atoms with Gasteiger partial charge in [-0.3, -0.25) is 15.0 Å². The first-order chi connectivity index (χ1) is 11.2.